The van der Waals surface area contributed by atoms with E-state index in [2.05, 4.69) is 5.32 Å². The van der Waals surface area contributed by atoms with Crippen molar-refractivity contribution in [2.24, 2.45) is 0 Å². The second-order valence-corrected chi connectivity index (χ2v) is 7.04. The molecule has 0 bridgehead atoms. The Morgan fingerprint density at radius 3 is 2.47 bits per heavy atom. The molecule has 0 aromatic heterocycles. The van der Waals surface area contributed by atoms with Crippen molar-refractivity contribution in [3.05, 3.63) is 94.0 Å². The topological polar surface area (TPSA) is 82.3 Å². The van der Waals surface area contributed by atoms with Crippen LogP contribution in [0.3, 0.4) is 0 Å². The number of rotatable bonds is 6. The van der Waals surface area contributed by atoms with Crippen molar-refractivity contribution in [2.75, 3.05) is 5.32 Å². The van der Waals surface area contributed by atoms with Crippen LogP contribution in [-0.2, 0) is 11.4 Å². The van der Waals surface area contributed by atoms with Crippen molar-refractivity contribution in [3.63, 3.8) is 0 Å². The fourth-order valence-corrected chi connectivity index (χ4v) is 2.87. The number of halogens is 1. The third kappa shape index (κ3) is 5.63. The second kappa shape index (κ2) is 9.64. The van der Waals surface area contributed by atoms with Gasteiger partial charge in [0.25, 0.3) is 5.91 Å². The third-order valence-corrected chi connectivity index (χ3v) is 4.57. The molecule has 0 aliphatic rings. The highest BCUT2D eigenvalue weighted by atomic mass is 35.5. The molecular formula is C24H19ClN2O3. The minimum Gasteiger partial charge on any atom is -0.508 e. The zero-order valence-electron chi connectivity index (χ0n) is 16.2. The van der Waals surface area contributed by atoms with Gasteiger partial charge in [-0.25, -0.2) is 0 Å². The Kier molecular flexibility index (Phi) is 6.74. The maximum absolute atomic E-state index is 12.3. The van der Waals surface area contributed by atoms with E-state index in [0.29, 0.717) is 28.6 Å². The average Bonchev–Trinajstić information content (AvgIpc) is 2.74. The van der Waals surface area contributed by atoms with Gasteiger partial charge in [-0.3, -0.25) is 4.79 Å². The Hall–Kier alpha value is -3.75. The van der Waals surface area contributed by atoms with E-state index in [9.17, 15) is 15.2 Å². The summed E-state index contributed by atoms with van der Waals surface area (Å²) in [5, 5.41) is 21.7. The number of amides is 1. The van der Waals surface area contributed by atoms with Gasteiger partial charge in [0.2, 0.25) is 0 Å². The fourth-order valence-electron chi connectivity index (χ4n) is 2.63. The number of benzene rings is 3. The smallest absolute Gasteiger partial charge is 0.266 e. The molecule has 150 valence electrons. The molecule has 2 N–H and O–H groups in total. The molecule has 0 spiro atoms. The van der Waals surface area contributed by atoms with E-state index in [-0.39, 0.29) is 11.3 Å². The number of nitriles is 1. The molecule has 0 radical (unpaired) electrons. The molecular weight excluding hydrogens is 400 g/mol. The number of phenols is 1. The number of hydrogen-bond acceptors (Lipinski definition) is 4. The summed E-state index contributed by atoms with van der Waals surface area (Å²) in [6.07, 6.45) is 1.45. The minimum atomic E-state index is -0.556. The zero-order chi connectivity index (χ0) is 21.5. The lowest BCUT2D eigenvalue weighted by molar-refractivity contribution is -0.112. The highest BCUT2D eigenvalue weighted by Gasteiger charge is 2.11. The molecule has 0 unspecified atom stereocenters. The second-order valence-electron chi connectivity index (χ2n) is 6.63. The van der Waals surface area contributed by atoms with Crippen LogP contribution in [0.4, 0.5) is 5.69 Å². The molecule has 0 saturated carbocycles. The summed E-state index contributed by atoms with van der Waals surface area (Å²) in [6.45, 7) is 2.40. The van der Waals surface area contributed by atoms with Crippen LogP contribution in [0.2, 0.25) is 5.02 Å². The van der Waals surface area contributed by atoms with E-state index in [1.807, 2.05) is 37.3 Å². The number of nitrogens with one attached hydrogen (secondary N) is 1. The molecule has 30 heavy (non-hydrogen) atoms. The van der Waals surface area contributed by atoms with E-state index in [1.54, 1.807) is 30.3 Å². The Labute approximate surface area is 179 Å². The first-order chi connectivity index (χ1) is 14.4. The standard InChI is InChI=1S/C24H19ClN2O3/c1-16-2-4-17(5-3-16)15-30-23-11-6-18(13-22(23)25)12-19(14-26)24(29)27-20-7-9-21(28)10-8-20/h2-13,28H,15H2,1H3,(H,27,29)/b19-12+. The maximum Gasteiger partial charge on any atom is 0.266 e. The summed E-state index contributed by atoms with van der Waals surface area (Å²) < 4.78 is 5.77. The molecule has 3 aromatic rings. The molecule has 3 rings (SSSR count). The van der Waals surface area contributed by atoms with Crippen molar-refractivity contribution in [1.82, 2.24) is 0 Å². The van der Waals surface area contributed by atoms with Crippen LogP contribution in [0.5, 0.6) is 11.5 Å². The molecule has 0 aliphatic heterocycles. The van der Waals surface area contributed by atoms with Crippen molar-refractivity contribution in [3.8, 4) is 17.6 Å². The van der Waals surface area contributed by atoms with Crippen molar-refractivity contribution < 1.29 is 14.6 Å². The normalized spacial score (nSPS) is 10.9. The largest absolute Gasteiger partial charge is 0.508 e. The van der Waals surface area contributed by atoms with Gasteiger partial charge in [-0.1, -0.05) is 47.5 Å². The highest BCUT2D eigenvalue weighted by Crippen LogP contribution is 2.27. The van der Waals surface area contributed by atoms with Crippen molar-refractivity contribution in [2.45, 2.75) is 13.5 Å². The number of nitrogens with zero attached hydrogens (tertiary/aromatic N) is 1. The SMILES string of the molecule is Cc1ccc(COc2ccc(/C=C(\C#N)C(=O)Nc3ccc(O)cc3)cc2Cl)cc1. The third-order valence-electron chi connectivity index (χ3n) is 4.27. The fraction of sp³-hybridized carbons (Fsp3) is 0.0833. The Balaban J connectivity index is 1.69. The molecule has 0 fully saturated rings. The number of phenolic OH excluding ortho intramolecular Hbond substituents is 1. The Morgan fingerprint density at radius 1 is 1.13 bits per heavy atom. The van der Waals surface area contributed by atoms with Gasteiger partial charge in [-0.2, -0.15) is 5.26 Å². The zero-order valence-corrected chi connectivity index (χ0v) is 17.0. The van der Waals surface area contributed by atoms with Gasteiger partial charge >= 0.3 is 0 Å². The van der Waals surface area contributed by atoms with Crippen molar-refractivity contribution >= 4 is 29.3 Å². The number of anilines is 1. The van der Waals surface area contributed by atoms with Gasteiger partial charge in [-0.05, 0) is 60.5 Å². The van der Waals surface area contributed by atoms with Gasteiger partial charge in [0.05, 0.1) is 5.02 Å². The number of carbonyl (C=O) groups excluding carboxylic acids is 1. The molecule has 0 heterocycles. The van der Waals surface area contributed by atoms with Gasteiger partial charge < -0.3 is 15.2 Å². The van der Waals surface area contributed by atoms with Crippen LogP contribution in [0.25, 0.3) is 6.08 Å². The van der Waals surface area contributed by atoms with Crippen molar-refractivity contribution in [1.29, 1.82) is 5.26 Å². The first-order valence-electron chi connectivity index (χ1n) is 9.14. The number of hydrogen-bond donors (Lipinski definition) is 2. The van der Waals surface area contributed by atoms with Crippen LogP contribution in [0.15, 0.2) is 72.3 Å². The average molecular weight is 419 g/mol. The maximum atomic E-state index is 12.3. The quantitative estimate of drug-likeness (QED) is 0.315. The summed E-state index contributed by atoms with van der Waals surface area (Å²) in [7, 11) is 0. The first kappa shape index (κ1) is 21.0. The monoisotopic (exact) mass is 418 g/mol. The number of aromatic hydroxyl groups is 1. The first-order valence-corrected chi connectivity index (χ1v) is 9.52. The van der Waals surface area contributed by atoms with Gasteiger partial charge in [0.1, 0.15) is 29.7 Å². The van der Waals surface area contributed by atoms with E-state index >= 15 is 0 Å². The van der Waals surface area contributed by atoms with E-state index in [0.717, 1.165) is 5.56 Å². The van der Waals surface area contributed by atoms with Crippen LogP contribution in [0.1, 0.15) is 16.7 Å². The highest BCUT2D eigenvalue weighted by molar-refractivity contribution is 6.32. The van der Waals surface area contributed by atoms with E-state index in [4.69, 9.17) is 16.3 Å². The van der Waals surface area contributed by atoms with Gasteiger partial charge in [0.15, 0.2) is 0 Å². The molecule has 0 saturated heterocycles. The summed E-state index contributed by atoms with van der Waals surface area (Å²) in [6, 6.07) is 20.9. The lowest BCUT2D eigenvalue weighted by Crippen LogP contribution is -2.13. The molecule has 0 aliphatic carbocycles. The summed E-state index contributed by atoms with van der Waals surface area (Å²) in [4.78, 5) is 12.3. The van der Waals surface area contributed by atoms with Crippen LogP contribution < -0.4 is 10.1 Å². The molecule has 5 nitrogen and oxygen atoms in total. The number of ether oxygens (including phenoxy) is 1. The predicted octanol–water partition coefficient (Wildman–Crippen LogP) is 5.48. The van der Waals surface area contributed by atoms with Gasteiger partial charge in [-0.15, -0.1) is 0 Å². The predicted molar refractivity (Wildman–Crippen MR) is 117 cm³/mol. The number of aryl methyl sites for hydroxylation is 1. The number of carbonyl (C=O) groups is 1. The molecule has 1 amide bonds. The van der Waals surface area contributed by atoms with Crippen LogP contribution >= 0.6 is 11.6 Å². The lowest BCUT2D eigenvalue weighted by atomic mass is 10.1. The van der Waals surface area contributed by atoms with Gasteiger partial charge in [0, 0.05) is 5.69 Å². The van der Waals surface area contributed by atoms with E-state index < -0.39 is 5.91 Å². The lowest BCUT2D eigenvalue weighted by Gasteiger charge is -2.09. The van der Waals surface area contributed by atoms with Crippen LogP contribution in [-0.4, -0.2) is 11.0 Å². The van der Waals surface area contributed by atoms with E-state index in [1.165, 1.54) is 23.8 Å². The Morgan fingerprint density at radius 2 is 1.83 bits per heavy atom. The van der Waals surface area contributed by atoms with Crippen LogP contribution in [0, 0.1) is 18.3 Å². The molecule has 6 heteroatoms. The molecule has 3 aromatic carbocycles. The summed E-state index contributed by atoms with van der Waals surface area (Å²) >= 11 is 6.31. The summed E-state index contributed by atoms with van der Waals surface area (Å²) in [5.74, 6) is 0.0452. The minimum absolute atomic E-state index is 0.0764. The Bertz CT molecular complexity index is 1110. The summed E-state index contributed by atoms with van der Waals surface area (Å²) in [5.41, 5.74) is 3.19. The molecule has 0 atom stereocenters.